The van der Waals surface area contributed by atoms with Gasteiger partial charge in [0.2, 0.25) is 0 Å². The normalized spacial score (nSPS) is 15.4. The Bertz CT molecular complexity index is 370. The molecule has 1 aromatic carbocycles. The molecule has 0 radical (unpaired) electrons. The van der Waals surface area contributed by atoms with Gasteiger partial charge < -0.3 is 10.8 Å². The van der Waals surface area contributed by atoms with Gasteiger partial charge >= 0.3 is 0 Å². The number of carbonyl (C=O) groups is 1. The van der Waals surface area contributed by atoms with E-state index in [0.29, 0.717) is 0 Å². The molecule has 1 aromatic rings. The van der Waals surface area contributed by atoms with Gasteiger partial charge in [-0.15, -0.1) is 0 Å². The molecule has 1 saturated carbocycles. The Hall–Kier alpha value is -1.51. The molecule has 0 unspecified atom stereocenters. The minimum absolute atomic E-state index is 0.00403. The summed E-state index contributed by atoms with van der Waals surface area (Å²) in [5, 5.41) is 9.49. The van der Waals surface area contributed by atoms with Crippen LogP contribution in [0.5, 0.6) is 5.75 Å². The lowest BCUT2D eigenvalue weighted by Crippen LogP contribution is -2.11. The van der Waals surface area contributed by atoms with E-state index in [4.69, 9.17) is 5.73 Å². The fourth-order valence-electron chi connectivity index (χ4n) is 1.57. The Kier molecular flexibility index (Phi) is 2.15. The first-order valence-electron chi connectivity index (χ1n) is 4.78. The standard InChI is InChI=1S/C11H13NO2/c12-11(14)9-4-3-8(6-10(9)13)5-7-1-2-7/h3-4,6-7,13H,1-2,5H2,(H2,12,14). The molecule has 0 saturated heterocycles. The highest BCUT2D eigenvalue weighted by Gasteiger charge is 2.21. The van der Waals surface area contributed by atoms with Crippen molar-refractivity contribution in [1.82, 2.24) is 0 Å². The molecule has 0 aromatic heterocycles. The van der Waals surface area contributed by atoms with E-state index in [-0.39, 0.29) is 11.3 Å². The van der Waals surface area contributed by atoms with Crippen molar-refractivity contribution in [1.29, 1.82) is 0 Å². The summed E-state index contributed by atoms with van der Waals surface area (Å²) in [6.07, 6.45) is 3.54. The van der Waals surface area contributed by atoms with Crippen LogP contribution in [0.1, 0.15) is 28.8 Å². The summed E-state index contributed by atoms with van der Waals surface area (Å²) in [7, 11) is 0. The first-order valence-corrected chi connectivity index (χ1v) is 4.78. The molecule has 0 atom stereocenters. The molecule has 3 N–H and O–H groups in total. The largest absolute Gasteiger partial charge is 0.507 e. The van der Waals surface area contributed by atoms with Crippen molar-refractivity contribution in [2.45, 2.75) is 19.3 Å². The van der Waals surface area contributed by atoms with Crippen molar-refractivity contribution in [3.05, 3.63) is 29.3 Å². The predicted molar refractivity (Wildman–Crippen MR) is 53.1 cm³/mol. The molecular weight excluding hydrogens is 178 g/mol. The number of phenols is 1. The first kappa shape index (κ1) is 9.06. The number of nitrogens with two attached hydrogens (primary N) is 1. The molecule has 3 heteroatoms. The Labute approximate surface area is 82.5 Å². The van der Waals surface area contributed by atoms with Crippen LogP contribution in [-0.4, -0.2) is 11.0 Å². The van der Waals surface area contributed by atoms with Gasteiger partial charge in [-0.05, 0) is 42.9 Å². The molecule has 0 bridgehead atoms. The monoisotopic (exact) mass is 191 g/mol. The van der Waals surface area contributed by atoms with Crippen LogP contribution >= 0.6 is 0 Å². The van der Waals surface area contributed by atoms with Crippen molar-refractivity contribution in [2.75, 3.05) is 0 Å². The second-order valence-electron chi connectivity index (χ2n) is 3.86. The average molecular weight is 191 g/mol. The molecule has 1 amide bonds. The lowest BCUT2D eigenvalue weighted by molar-refractivity contribution is 0.0998. The third kappa shape index (κ3) is 1.87. The molecule has 1 aliphatic carbocycles. The first-order chi connectivity index (χ1) is 6.66. The van der Waals surface area contributed by atoms with Crippen LogP contribution in [-0.2, 0) is 6.42 Å². The summed E-state index contributed by atoms with van der Waals surface area (Å²) in [6, 6.07) is 5.09. The number of benzene rings is 1. The topological polar surface area (TPSA) is 63.3 Å². The van der Waals surface area contributed by atoms with Gasteiger partial charge in [-0.25, -0.2) is 0 Å². The Morgan fingerprint density at radius 3 is 2.71 bits per heavy atom. The molecule has 0 aliphatic heterocycles. The summed E-state index contributed by atoms with van der Waals surface area (Å²) < 4.78 is 0. The fourth-order valence-corrected chi connectivity index (χ4v) is 1.57. The van der Waals surface area contributed by atoms with Gasteiger partial charge in [-0.3, -0.25) is 4.79 Å². The van der Waals surface area contributed by atoms with Gasteiger partial charge in [-0.2, -0.15) is 0 Å². The van der Waals surface area contributed by atoms with Gasteiger partial charge in [0.15, 0.2) is 0 Å². The molecule has 2 rings (SSSR count). The van der Waals surface area contributed by atoms with Crippen LogP contribution in [0.25, 0.3) is 0 Å². The highest BCUT2D eigenvalue weighted by Crippen LogP contribution is 2.33. The van der Waals surface area contributed by atoms with Crippen LogP contribution in [0.2, 0.25) is 0 Å². The lowest BCUT2D eigenvalue weighted by Gasteiger charge is -2.03. The lowest BCUT2D eigenvalue weighted by atomic mass is 10.1. The number of hydrogen-bond acceptors (Lipinski definition) is 2. The van der Waals surface area contributed by atoms with Gasteiger partial charge in [0.1, 0.15) is 5.75 Å². The van der Waals surface area contributed by atoms with Crippen molar-refractivity contribution in [2.24, 2.45) is 11.7 Å². The molecule has 0 spiro atoms. The minimum Gasteiger partial charge on any atom is -0.507 e. The third-order valence-corrected chi connectivity index (χ3v) is 2.55. The summed E-state index contributed by atoms with van der Waals surface area (Å²) in [5.41, 5.74) is 6.36. The molecule has 1 fully saturated rings. The molecule has 1 aliphatic rings. The van der Waals surface area contributed by atoms with Crippen LogP contribution in [0, 0.1) is 5.92 Å². The Morgan fingerprint density at radius 1 is 1.50 bits per heavy atom. The van der Waals surface area contributed by atoms with Crippen LogP contribution in [0.3, 0.4) is 0 Å². The van der Waals surface area contributed by atoms with Crippen molar-refractivity contribution in [3.63, 3.8) is 0 Å². The van der Waals surface area contributed by atoms with E-state index in [2.05, 4.69) is 0 Å². The smallest absolute Gasteiger partial charge is 0.252 e. The summed E-state index contributed by atoms with van der Waals surface area (Å²) in [4.78, 5) is 10.8. The van der Waals surface area contributed by atoms with Crippen molar-refractivity contribution >= 4 is 5.91 Å². The second-order valence-corrected chi connectivity index (χ2v) is 3.86. The third-order valence-electron chi connectivity index (χ3n) is 2.55. The number of aromatic hydroxyl groups is 1. The average Bonchev–Trinajstić information content (AvgIpc) is 2.87. The van der Waals surface area contributed by atoms with E-state index in [1.54, 1.807) is 12.1 Å². The zero-order valence-electron chi connectivity index (χ0n) is 7.86. The zero-order valence-corrected chi connectivity index (χ0v) is 7.86. The molecule has 14 heavy (non-hydrogen) atoms. The van der Waals surface area contributed by atoms with Gasteiger partial charge in [-0.1, -0.05) is 6.07 Å². The van der Waals surface area contributed by atoms with E-state index < -0.39 is 5.91 Å². The predicted octanol–water partition coefficient (Wildman–Crippen LogP) is 1.44. The van der Waals surface area contributed by atoms with E-state index in [9.17, 15) is 9.90 Å². The summed E-state index contributed by atoms with van der Waals surface area (Å²) in [5.74, 6) is 0.185. The Morgan fingerprint density at radius 2 is 2.21 bits per heavy atom. The fraction of sp³-hybridized carbons (Fsp3) is 0.364. The maximum atomic E-state index is 10.8. The van der Waals surface area contributed by atoms with E-state index in [1.807, 2.05) is 6.07 Å². The van der Waals surface area contributed by atoms with Crippen molar-refractivity contribution < 1.29 is 9.90 Å². The number of rotatable bonds is 3. The van der Waals surface area contributed by atoms with Crippen LogP contribution in [0.15, 0.2) is 18.2 Å². The minimum atomic E-state index is -0.583. The SMILES string of the molecule is NC(=O)c1ccc(CC2CC2)cc1O. The highest BCUT2D eigenvalue weighted by molar-refractivity contribution is 5.95. The Balaban J connectivity index is 2.20. The summed E-state index contributed by atoms with van der Waals surface area (Å²) in [6.45, 7) is 0. The van der Waals surface area contributed by atoms with Gasteiger partial charge in [0.05, 0.1) is 5.56 Å². The quantitative estimate of drug-likeness (QED) is 0.759. The maximum absolute atomic E-state index is 10.8. The van der Waals surface area contributed by atoms with E-state index >= 15 is 0 Å². The van der Waals surface area contributed by atoms with E-state index in [1.165, 1.54) is 12.8 Å². The molecule has 0 heterocycles. The molecular formula is C11H13NO2. The molecule has 3 nitrogen and oxygen atoms in total. The summed E-state index contributed by atoms with van der Waals surface area (Å²) >= 11 is 0. The number of carbonyl (C=O) groups excluding carboxylic acids is 1. The highest BCUT2D eigenvalue weighted by atomic mass is 16.3. The molecule has 74 valence electrons. The van der Waals surface area contributed by atoms with Crippen molar-refractivity contribution in [3.8, 4) is 5.75 Å². The zero-order chi connectivity index (χ0) is 10.1. The van der Waals surface area contributed by atoms with Gasteiger partial charge in [0, 0.05) is 0 Å². The van der Waals surface area contributed by atoms with Gasteiger partial charge in [0.25, 0.3) is 5.91 Å². The second kappa shape index (κ2) is 3.33. The number of primary amides is 1. The van der Waals surface area contributed by atoms with E-state index in [0.717, 1.165) is 17.9 Å². The number of hydrogen-bond donors (Lipinski definition) is 2. The van der Waals surface area contributed by atoms with Crippen LogP contribution in [0.4, 0.5) is 0 Å². The maximum Gasteiger partial charge on any atom is 0.252 e. The van der Waals surface area contributed by atoms with Crippen LogP contribution < -0.4 is 5.73 Å². The number of amides is 1.